The smallest absolute Gasteiger partial charge is 0.0317 e. The maximum atomic E-state index is 5.81. The average molecular weight is 248 g/mol. The second-order valence-electron chi connectivity index (χ2n) is 5.36. The summed E-state index contributed by atoms with van der Waals surface area (Å²) in [4.78, 5) is 2.42. The summed E-state index contributed by atoms with van der Waals surface area (Å²) in [6.07, 6.45) is 5.29. The van der Waals surface area contributed by atoms with Crippen molar-refractivity contribution >= 4 is 5.69 Å². The molecule has 0 spiro atoms. The first-order valence-electron chi connectivity index (χ1n) is 7.18. The van der Waals surface area contributed by atoms with Crippen LogP contribution in [0.4, 0.5) is 5.69 Å². The van der Waals surface area contributed by atoms with Crippen LogP contribution in [0, 0.1) is 5.92 Å². The Balaban J connectivity index is 2.42. The van der Waals surface area contributed by atoms with E-state index in [9.17, 15) is 0 Å². The van der Waals surface area contributed by atoms with E-state index in [4.69, 9.17) is 5.73 Å². The molecular weight excluding hydrogens is 220 g/mol. The van der Waals surface area contributed by atoms with Gasteiger partial charge in [-0.1, -0.05) is 45.2 Å². The van der Waals surface area contributed by atoms with Gasteiger partial charge >= 0.3 is 0 Å². The lowest BCUT2D eigenvalue weighted by molar-refractivity contribution is 0.253. The first-order chi connectivity index (χ1) is 8.65. The average Bonchev–Trinajstić information content (AvgIpc) is 2.34. The van der Waals surface area contributed by atoms with Crippen LogP contribution in [0.2, 0.25) is 0 Å². The van der Waals surface area contributed by atoms with Crippen LogP contribution < -0.4 is 5.73 Å². The zero-order chi connectivity index (χ0) is 13.4. The highest BCUT2D eigenvalue weighted by atomic mass is 15.1. The van der Waals surface area contributed by atoms with Gasteiger partial charge in [-0.3, -0.25) is 0 Å². The van der Waals surface area contributed by atoms with Crippen LogP contribution in [-0.4, -0.2) is 18.5 Å². The number of nitrogen functional groups attached to an aromatic ring is 1. The van der Waals surface area contributed by atoms with E-state index in [1.807, 2.05) is 12.1 Å². The van der Waals surface area contributed by atoms with E-state index < -0.39 is 0 Å². The molecule has 1 aromatic rings. The van der Waals surface area contributed by atoms with Crippen LogP contribution in [0.3, 0.4) is 0 Å². The molecule has 2 N–H and O–H groups in total. The van der Waals surface area contributed by atoms with E-state index in [1.165, 1.54) is 37.8 Å². The van der Waals surface area contributed by atoms with Gasteiger partial charge in [0.1, 0.15) is 0 Å². The summed E-state index contributed by atoms with van der Waals surface area (Å²) < 4.78 is 0. The van der Waals surface area contributed by atoms with E-state index in [0.717, 1.165) is 18.2 Å². The molecule has 2 nitrogen and oxygen atoms in total. The molecule has 18 heavy (non-hydrogen) atoms. The van der Waals surface area contributed by atoms with Crippen LogP contribution in [0.1, 0.15) is 45.1 Å². The minimum Gasteiger partial charge on any atom is -0.399 e. The minimum atomic E-state index is 0.830. The molecule has 0 saturated heterocycles. The molecule has 0 heterocycles. The van der Waals surface area contributed by atoms with Crippen molar-refractivity contribution in [1.29, 1.82) is 0 Å². The Morgan fingerprint density at radius 2 is 2.06 bits per heavy atom. The van der Waals surface area contributed by atoms with Crippen LogP contribution in [0.5, 0.6) is 0 Å². The lowest BCUT2D eigenvalue weighted by atomic mass is 9.98. The highest BCUT2D eigenvalue weighted by Gasteiger charge is 2.09. The van der Waals surface area contributed by atoms with Gasteiger partial charge in [-0.25, -0.2) is 0 Å². The molecule has 2 heteroatoms. The zero-order valence-electron chi connectivity index (χ0n) is 12.2. The summed E-state index contributed by atoms with van der Waals surface area (Å²) in [6, 6.07) is 8.20. The van der Waals surface area contributed by atoms with E-state index in [0.29, 0.717) is 0 Å². The Bertz CT molecular complexity index is 336. The molecule has 0 bridgehead atoms. The highest BCUT2D eigenvalue weighted by molar-refractivity contribution is 5.40. The Morgan fingerprint density at radius 1 is 1.28 bits per heavy atom. The highest BCUT2D eigenvalue weighted by Crippen LogP contribution is 2.15. The Kier molecular flexibility index (Phi) is 6.81. The molecule has 1 unspecified atom stereocenters. The largest absolute Gasteiger partial charge is 0.399 e. The van der Waals surface area contributed by atoms with Crippen molar-refractivity contribution in [2.45, 2.75) is 46.1 Å². The number of nitrogens with zero attached hydrogens (tertiary/aromatic N) is 1. The molecule has 0 saturated carbocycles. The summed E-state index contributed by atoms with van der Waals surface area (Å²) in [5.41, 5.74) is 7.98. The lowest BCUT2D eigenvalue weighted by Crippen LogP contribution is -2.25. The number of rotatable bonds is 8. The van der Waals surface area contributed by atoms with Crippen LogP contribution in [-0.2, 0) is 6.54 Å². The van der Waals surface area contributed by atoms with E-state index in [-0.39, 0.29) is 0 Å². The third kappa shape index (κ3) is 5.54. The number of benzene rings is 1. The SMILES string of the molecule is CCCCC(CC)CN(C)Cc1cccc(N)c1. The molecule has 0 aromatic heterocycles. The zero-order valence-corrected chi connectivity index (χ0v) is 12.2. The fourth-order valence-corrected chi connectivity index (χ4v) is 2.43. The number of hydrogen-bond acceptors (Lipinski definition) is 2. The first-order valence-corrected chi connectivity index (χ1v) is 7.18. The summed E-state index contributed by atoms with van der Waals surface area (Å²) in [7, 11) is 2.21. The molecule has 0 aliphatic carbocycles. The van der Waals surface area contributed by atoms with Crippen molar-refractivity contribution in [2.75, 3.05) is 19.3 Å². The molecule has 0 radical (unpaired) electrons. The Hall–Kier alpha value is -1.02. The molecule has 1 rings (SSSR count). The molecule has 0 aliphatic rings. The van der Waals surface area contributed by atoms with Gasteiger partial charge in [0.25, 0.3) is 0 Å². The minimum absolute atomic E-state index is 0.830. The van der Waals surface area contributed by atoms with Crippen molar-refractivity contribution in [3.63, 3.8) is 0 Å². The summed E-state index contributed by atoms with van der Waals surface area (Å²) >= 11 is 0. The van der Waals surface area contributed by atoms with Gasteiger partial charge in [-0.05, 0) is 37.1 Å². The second-order valence-corrected chi connectivity index (χ2v) is 5.36. The Morgan fingerprint density at radius 3 is 2.67 bits per heavy atom. The van der Waals surface area contributed by atoms with Gasteiger partial charge in [0.15, 0.2) is 0 Å². The van der Waals surface area contributed by atoms with Crippen molar-refractivity contribution in [3.8, 4) is 0 Å². The van der Waals surface area contributed by atoms with Crippen LogP contribution >= 0.6 is 0 Å². The molecule has 102 valence electrons. The third-order valence-corrected chi connectivity index (χ3v) is 3.52. The first kappa shape index (κ1) is 15.0. The predicted octanol–water partition coefficient (Wildman–Crippen LogP) is 3.92. The summed E-state index contributed by atoms with van der Waals surface area (Å²) in [5.74, 6) is 0.830. The maximum absolute atomic E-state index is 5.81. The normalized spacial score (nSPS) is 12.9. The van der Waals surface area contributed by atoms with E-state index >= 15 is 0 Å². The maximum Gasteiger partial charge on any atom is 0.0317 e. The molecular formula is C16H28N2. The third-order valence-electron chi connectivity index (χ3n) is 3.52. The molecule has 0 fully saturated rings. The van der Waals surface area contributed by atoms with Crippen molar-refractivity contribution in [3.05, 3.63) is 29.8 Å². The predicted molar refractivity (Wildman–Crippen MR) is 80.5 cm³/mol. The summed E-state index contributed by atoms with van der Waals surface area (Å²) in [6.45, 7) is 6.75. The summed E-state index contributed by atoms with van der Waals surface area (Å²) in [5, 5.41) is 0. The topological polar surface area (TPSA) is 29.3 Å². The van der Waals surface area contributed by atoms with Gasteiger partial charge < -0.3 is 10.6 Å². The quantitative estimate of drug-likeness (QED) is 0.707. The number of anilines is 1. The second kappa shape index (κ2) is 8.15. The fourth-order valence-electron chi connectivity index (χ4n) is 2.43. The fraction of sp³-hybridized carbons (Fsp3) is 0.625. The standard InChI is InChI=1S/C16H28N2/c1-4-6-8-14(5-2)12-18(3)13-15-9-7-10-16(17)11-15/h7,9-11,14H,4-6,8,12-13,17H2,1-3H3. The van der Waals surface area contributed by atoms with Crippen LogP contribution in [0.15, 0.2) is 24.3 Å². The van der Waals surface area contributed by atoms with Gasteiger partial charge in [0, 0.05) is 18.8 Å². The molecule has 0 aliphatic heterocycles. The number of unbranched alkanes of at least 4 members (excludes halogenated alkanes) is 1. The molecule has 0 amide bonds. The van der Waals surface area contributed by atoms with E-state index in [2.05, 4.69) is 37.9 Å². The lowest BCUT2D eigenvalue weighted by Gasteiger charge is -2.23. The van der Waals surface area contributed by atoms with Crippen LogP contribution in [0.25, 0.3) is 0 Å². The number of nitrogens with two attached hydrogens (primary N) is 1. The molecule has 1 atom stereocenters. The number of hydrogen-bond donors (Lipinski definition) is 1. The van der Waals surface area contributed by atoms with Gasteiger partial charge in [-0.15, -0.1) is 0 Å². The van der Waals surface area contributed by atoms with Gasteiger partial charge in [-0.2, -0.15) is 0 Å². The Labute approximate surface area is 112 Å². The van der Waals surface area contributed by atoms with Gasteiger partial charge in [0.05, 0.1) is 0 Å². The van der Waals surface area contributed by atoms with Gasteiger partial charge in [0.2, 0.25) is 0 Å². The van der Waals surface area contributed by atoms with Crippen molar-refractivity contribution in [2.24, 2.45) is 5.92 Å². The monoisotopic (exact) mass is 248 g/mol. The van der Waals surface area contributed by atoms with Crippen molar-refractivity contribution < 1.29 is 0 Å². The van der Waals surface area contributed by atoms with E-state index in [1.54, 1.807) is 0 Å². The molecule has 1 aromatic carbocycles. The van der Waals surface area contributed by atoms with Crippen molar-refractivity contribution in [1.82, 2.24) is 4.90 Å².